The van der Waals surface area contributed by atoms with Gasteiger partial charge in [0.25, 0.3) is 5.56 Å². The Kier molecular flexibility index (Phi) is 5.07. The van der Waals surface area contributed by atoms with Crippen molar-refractivity contribution in [3.63, 3.8) is 0 Å². The molecule has 3 rings (SSSR count). The molecule has 0 fully saturated rings. The molecule has 27 heavy (non-hydrogen) atoms. The number of nitrogens with zero attached hydrogens (tertiary/aromatic N) is 2. The number of ketones is 1. The summed E-state index contributed by atoms with van der Waals surface area (Å²) in [5.74, 6) is -2.68. The molecule has 6 nitrogen and oxygen atoms in total. The lowest BCUT2D eigenvalue weighted by Crippen LogP contribution is -2.37. The molecule has 3 aromatic rings. The van der Waals surface area contributed by atoms with Crippen LogP contribution in [0.2, 0.25) is 0 Å². The molecule has 0 unspecified atom stereocenters. The van der Waals surface area contributed by atoms with Crippen molar-refractivity contribution < 1.29 is 13.6 Å². The molecule has 0 aliphatic heterocycles. The first-order valence-corrected chi connectivity index (χ1v) is 8.17. The van der Waals surface area contributed by atoms with Crippen molar-refractivity contribution in [3.8, 4) is 0 Å². The minimum atomic E-state index is -0.931. The molecule has 1 N–H and O–H groups in total. The predicted molar refractivity (Wildman–Crippen MR) is 93.8 cm³/mol. The van der Waals surface area contributed by atoms with Crippen LogP contribution < -0.4 is 11.2 Å². The van der Waals surface area contributed by atoms with E-state index in [0.717, 1.165) is 16.7 Å². The molecule has 0 bridgehead atoms. The first-order chi connectivity index (χ1) is 12.9. The van der Waals surface area contributed by atoms with Crippen molar-refractivity contribution in [2.24, 2.45) is 0 Å². The molecule has 0 aliphatic rings. The highest BCUT2D eigenvalue weighted by Crippen LogP contribution is 2.15. The summed E-state index contributed by atoms with van der Waals surface area (Å²) in [5, 5.41) is 0. The lowest BCUT2D eigenvalue weighted by Gasteiger charge is -2.14. The lowest BCUT2D eigenvalue weighted by atomic mass is 10.0. The highest BCUT2D eigenvalue weighted by Gasteiger charge is 2.23. The van der Waals surface area contributed by atoms with E-state index in [1.165, 1.54) is 6.20 Å². The summed E-state index contributed by atoms with van der Waals surface area (Å²) in [6.45, 7) is 1.56. The standard InChI is InChI=1S/C19H15F2N3O3/c1-2-15-16(17(25)11-7-12(20)9-13(21)8-11)24(19(27)23-18(15)26)10-14-5-3-4-6-22-14/h3-9H,2,10H2,1H3,(H,23,26,27). The minimum absolute atomic E-state index is 0.0557. The third-order valence-corrected chi connectivity index (χ3v) is 4.04. The monoisotopic (exact) mass is 371 g/mol. The van der Waals surface area contributed by atoms with Crippen LogP contribution in [-0.4, -0.2) is 20.3 Å². The molecular formula is C19H15F2N3O3. The van der Waals surface area contributed by atoms with E-state index in [2.05, 4.69) is 9.97 Å². The fraction of sp³-hybridized carbons (Fsp3) is 0.158. The van der Waals surface area contributed by atoms with Gasteiger partial charge >= 0.3 is 5.69 Å². The summed E-state index contributed by atoms with van der Waals surface area (Å²) in [6.07, 6.45) is 1.67. The molecule has 1 aromatic carbocycles. The van der Waals surface area contributed by atoms with Gasteiger partial charge < -0.3 is 0 Å². The second-order valence-electron chi connectivity index (χ2n) is 5.83. The number of hydrogen-bond donors (Lipinski definition) is 1. The average Bonchev–Trinajstić information content (AvgIpc) is 2.63. The molecule has 8 heteroatoms. The third-order valence-electron chi connectivity index (χ3n) is 4.04. The fourth-order valence-electron chi connectivity index (χ4n) is 2.83. The molecule has 0 atom stereocenters. The average molecular weight is 371 g/mol. The Morgan fingerprint density at radius 1 is 1.15 bits per heavy atom. The topological polar surface area (TPSA) is 84.8 Å². The van der Waals surface area contributed by atoms with Gasteiger partial charge in [-0.3, -0.25) is 24.1 Å². The van der Waals surface area contributed by atoms with Crippen LogP contribution in [0.25, 0.3) is 0 Å². The number of nitrogens with one attached hydrogen (secondary N) is 1. The number of carbonyl (C=O) groups excluding carboxylic acids is 1. The number of H-pyrrole nitrogens is 1. The van der Waals surface area contributed by atoms with Crippen molar-refractivity contribution in [1.82, 2.24) is 14.5 Å². The largest absolute Gasteiger partial charge is 0.329 e. The molecule has 2 aromatic heterocycles. The second-order valence-corrected chi connectivity index (χ2v) is 5.83. The van der Waals surface area contributed by atoms with Gasteiger partial charge in [0.2, 0.25) is 5.78 Å². The van der Waals surface area contributed by atoms with E-state index in [9.17, 15) is 23.2 Å². The molecule has 0 radical (unpaired) electrons. The third kappa shape index (κ3) is 3.74. The normalized spacial score (nSPS) is 10.8. The zero-order chi connectivity index (χ0) is 19.6. The van der Waals surface area contributed by atoms with Crippen molar-refractivity contribution in [1.29, 1.82) is 0 Å². The zero-order valence-corrected chi connectivity index (χ0v) is 14.3. The summed E-state index contributed by atoms with van der Waals surface area (Å²) >= 11 is 0. The number of pyridine rings is 1. The summed E-state index contributed by atoms with van der Waals surface area (Å²) in [7, 11) is 0. The van der Waals surface area contributed by atoms with Gasteiger partial charge in [-0.15, -0.1) is 0 Å². The zero-order valence-electron chi connectivity index (χ0n) is 14.3. The Balaban J connectivity index is 2.24. The highest BCUT2D eigenvalue weighted by atomic mass is 19.1. The number of halogens is 2. The Hall–Kier alpha value is -3.42. The van der Waals surface area contributed by atoms with Crippen LogP contribution in [0.4, 0.5) is 8.78 Å². The van der Waals surface area contributed by atoms with Crippen molar-refractivity contribution in [3.05, 3.63) is 97.6 Å². The van der Waals surface area contributed by atoms with Crippen LogP contribution in [0, 0.1) is 11.6 Å². The molecule has 138 valence electrons. The van der Waals surface area contributed by atoms with Crippen LogP contribution in [0.5, 0.6) is 0 Å². The molecule has 0 amide bonds. The Bertz CT molecular complexity index is 1100. The lowest BCUT2D eigenvalue weighted by molar-refractivity contribution is 0.102. The second kappa shape index (κ2) is 7.45. The van der Waals surface area contributed by atoms with Crippen molar-refractivity contribution in [2.45, 2.75) is 19.9 Å². The van der Waals surface area contributed by atoms with Gasteiger partial charge in [0.1, 0.15) is 17.3 Å². The van der Waals surface area contributed by atoms with Crippen LogP contribution >= 0.6 is 0 Å². The summed E-state index contributed by atoms with van der Waals surface area (Å²) in [5.41, 5.74) is -1.47. The smallest absolute Gasteiger partial charge is 0.287 e. The van der Waals surface area contributed by atoms with Crippen LogP contribution in [-0.2, 0) is 13.0 Å². The van der Waals surface area contributed by atoms with Gasteiger partial charge in [-0.25, -0.2) is 13.6 Å². The van der Waals surface area contributed by atoms with Crippen LogP contribution in [0.3, 0.4) is 0 Å². The first kappa shape index (κ1) is 18.4. The number of aromatic amines is 1. The van der Waals surface area contributed by atoms with Gasteiger partial charge in [-0.2, -0.15) is 0 Å². The summed E-state index contributed by atoms with van der Waals surface area (Å²) in [6, 6.07) is 7.42. The number of rotatable bonds is 5. The highest BCUT2D eigenvalue weighted by molar-refractivity contribution is 6.08. The Morgan fingerprint density at radius 2 is 1.85 bits per heavy atom. The van der Waals surface area contributed by atoms with E-state index in [1.54, 1.807) is 25.1 Å². The predicted octanol–water partition coefficient (Wildman–Crippen LogP) is 2.05. The van der Waals surface area contributed by atoms with Gasteiger partial charge in [0.05, 0.1) is 12.2 Å². The van der Waals surface area contributed by atoms with E-state index < -0.39 is 28.7 Å². The molecule has 0 saturated heterocycles. The minimum Gasteiger partial charge on any atom is -0.287 e. The van der Waals surface area contributed by atoms with Gasteiger partial charge in [0.15, 0.2) is 0 Å². The maximum atomic E-state index is 13.6. The number of benzene rings is 1. The van der Waals surface area contributed by atoms with E-state index in [0.29, 0.717) is 11.8 Å². The quantitative estimate of drug-likeness (QED) is 0.696. The Labute approximate surface area is 152 Å². The molecule has 0 saturated carbocycles. The van der Waals surface area contributed by atoms with E-state index >= 15 is 0 Å². The fourth-order valence-corrected chi connectivity index (χ4v) is 2.83. The first-order valence-electron chi connectivity index (χ1n) is 8.17. The maximum absolute atomic E-state index is 13.6. The summed E-state index contributed by atoms with van der Waals surface area (Å²) < 4.78 is 28.2. The van der Waals surface area contributed by atoms with E-state index in [-0.39, 0.29) is 29.8 Å². The summed E-state index contributed by atoms with van der Waals surface area (Å²) in [4.78, 5) is 43.8. The SMILES string of the molecule is CCc1c(C(=O)c2cc(F)cc(F)c2)n(Cc2ccccn2)c(=O)[nH]c1=O. The van der Waals surface area contributed by atoms with Gasteiger partial charge in [-0.05, 0) is 30.7 Å². The van der Waals surface area contributed by atoms with Gasteiger partial charge in [0, 0.05) is 23.4 Å². The maximum Gasteiger partial charge on any atom is 0.329 e. The Morgan fingerprint density at radius 3 is 2.44 bits per heavy atom. The molecular weight excluding hydrogens is 356 g/mol. The van der Waals surface area contributed by atoms with Gasteiger partial charge in [-0.1, -0.05) is 13.0 Å². The van der Waals surface area contributed by atoms with E-state index in [1.807, 2.05) is 0 Å². The van der Waals surface area contributed by atoms with E-state index in [4.69, 9.17) is 0 Å². The van der Waals surface area contributed by atoms with Crippen molar-refractivity contribution >= 4 is 5.78 Å². The number of hydrogen-bond acceptors (Lipinski definition) is 4. The number of carbonyl (C=O) groups is 1. The van der Waals surface area contributed by atoms with Crippen LogP contribution in [0.1, 0.15) is 34.2 Å². The van der Waals surface area contributed by atoms with Crippen LogP contribution in [0.15, 0.2) is 52.2 Å². The van der Waals surface area contributed by atoms with Crippen molar-refractivity contribution in [2.75, 3.05) is 0 Å². The number of aromatic nitrogens is 3. The molecule has 0 spiro atoms. The molecule has 0 aliphatic carbocycles. The molecule has 2 heterocycles.